The van der Waals surface area contributed by atoms with Gasteiger partial charge in [-0.15, -0.1) is 11.6 Å². The quantitative estimate of drug-likeness (QED) is 0.669. The highest BCUT2D eigenvalue weighted by atomic mass is 35.5. The average molecular weight is 226 g/mol. The van der Waals surface area contributed by atoms with Gasteiger partial charge in [-0.2, -0.15) is 0 Å². The Kier molecular flexibility index (Phi) is 3.18. The third-order valence-electron chi connectivity index (χ3n) is 1.95. The van der Waals surface area contributed by atoms with Gasteiger partial charge in [0.25, 0.3) is 0 Å². The van der Waals surface area contributed by atoms with Gasteiger partial charge in [0.1, 0.15) is 0 Å². The van der Waals surface area contributed by atoms with Crippen LogP contribution in [0.3, 0.4) is 0 Å². The second-order valence-electron chi connectivity index (χ2n) is 3.12. The molecule has 0 aliphatic carbocycles. The molecule has 1 N–H and O–H groups in total. The van der Waals surface area contributed by atoms with Gasteiger partial charge in [0.2, 0.25) is 5.91 Å². The number of carbonyl (C=O) groups is 1. The first-order valence-corrected chi connectivity index (χ1v) is 6.34. The second kappa shape index (κ2) is 3.84. The highest BCUT2D eigenvalue weighted by Crippen LogP contribution is 2.17. The summed E-state index contributed by atoms with van der Waals surface area (Å²) in [6.45, 7) is 1.71. The Balaban J connectivity index is 2.59. The van der Waals surface area contributed by atoms with Crippen LogP contribution in [0, 0.1) is 0 Å². The number of hydrogen-bond acceptors (Lipinski definition) is 3. The molecule has 76 valence electrons. The molecule has 1 rings (SSSR count). The minimum atomic E-state index is -3.05. The van der Waals surface area contributed by atoms with Crippen LogP contribution in [0.15, 0.2) is 0 Å². The Hall–Kier alpha value is -0.290. The monoisotopic (exact) mass is 225 g/mol. The maximum absolute atomic E-state index is 11.1. The number of rotatable bonds is 2. The summed E-state index contributed by atoms with van der Waals surface area (Å²) in [5, 5.41) is 2.10. The summed E-state index contributed by atoms with van der Waals surface area (Å²) in [7, 11) is -3.05. The second-order valence-corrected chi connectivity index (χ2v) is 5.83. The van der Waals surface area contributed by atoms with Gasteiger partial charge in [-0.1, -0.05) is 6.92 Å². The molecule has 0 bridgehead atoms. The van der Waals surface area contributed by atoms with Crippen LogP contribution in [-0.4, -0.2) is 37.2 Å². The molecule has 0 aromatic carbocycles. The highest BCUT2D eigenvalue weighted by Gasteiger charge is 2.36. The fourth-order valence-corrected chi connectivity index (χ4v) is 3.80. The maximum atomic E-state index is 11.1. The van der Waals surface area contributed by atoms with Crippen molar-refractivity contribution in [3.05, 3.63) is 0 Å². The van der Waals surface area contributed by atoms with Crippen molar-refractivity contribution >= 4 is 27.3 Å². The number of sulfone groups is 1. The van der Waals surface area contributed by atoms with Crippen molar-refractivity contribution in [2.45, 2.75) is 24.8 Å². The van der Waals surface area contributed by atoms with Crippen molar-refractivity contribution in [1.29, 1.82) is 0 Å². The van der Waals surface area contributed by atoms with Crippen LogP contribution < -0.4 is 5.32 Å². The van der Waals surface area contributed by atoms with E-state index in [0.717, 1.165) is 0 Å². The van der Waals surface area contributed by atoms with E-state index in [9.17, 15) is 13.2 Å². The number of carbonyl (C=O) groups excluding carboxylic acids is 1. The lowest BCUT2D eigenvalue weighted by molar-refractivity contribution is -0.121. The molecule has 0 radical (unpaired) electrons. The summed E-state index contributed by atoms with van der Waals surface area (Å²) in [5.74, 6) is -0.233. The lowest BCUT2D eigenvalue weighted by Crippen LogP contribution is -2.40. The summed E-state index contributed by atoms with van der Waals surface area (Å²) in [6, 6.07) is -0.417. The van der Waals surface area contributed by atoms with Crippen molar-refractivity contribution in [3.63, 3.8) is 0 Å². The predicted octanol–water partition coefficient (Wildman–Crippen LogP) is -0.0830. The van der Waals surface area contributed by atoms with Crippen molar-refractivity contribution in [2.75, 3.05) is 11.5 Å². The summed E-state index contributed by atoms with van der Waals surface area (Å²) in [4.78, 5) is 11.0. The average Bonchev–Trinajstić information content (AvgIpc) is 2.24. The fourth-order valence-electron chi connectivity index (χ4n) is 1.25. The first-order valence-electron chi connectivity index (χ1n) is 4.08. The van der Waals surface area contributed by atoms with Gasteiger partial charge >= 0.3 is 0 Å². The molecule has 0 spiro atoms. The number of halogens is 1. The lowest BCUT2D eigenvalue weighted by atomic mass is 10.2. The Morgan fingerprint density at radius 1 is 1.54 bits per heavy atom. The van der Waals surface area contributed by atoms with Crippen LogP contribution in [-0.2, 0) is 14.6 Å². The summed E-state index contributed by atoms with van der Waals surface area (Å²) in [6.07, 6.45) is 0.347. The molecule has 1 aliphatic rings. The van der Waals surface area contributed by atoms with Gasteiger partial charge < -0.3 is 5.32 Å². The predicted molar refractivity (Wildman–Crippen MR) is 50.5 cm³/mol. The molecule has 6 heteroatoms. The molecule has 0 aromatic heterocycles. The van der Waals surface area contributed by atoms with E-state index in [1.807, 2.05) is 0 Å². The lowest BCUT2D eigenvalue weighted by Gasteiger charge is -2.12. The third kappa shape index (κ3) is 2.84. The van der Waals surface area contributed by atoms with E-state index in [0.29, 0.717) is 6.42 Å². The van der Waals surface area contributed by atoms with Crippen LogP contribution in [0.5, 0.6) is 0 Å². The van der Waals surface area contributed by atoms with Crippen molar-refractivity contribution in [3.8, 4) is 0 Å². The van der Waals surface area contributed by atoms with E-state index >= 15 is 0 Å². The van der Waals surface area contributed by atoms with E-state index in [1.54, 1.807) is 6.92 Å². The molecule has 2 unspecified atom stereocenters. The molecule has 4 nitrogen and oxygen atoms in total. The zero-order chi connectivity index (χ0) is 10.1. The number of amides is 1. The Bertz CT molecular complexity index is 301. The largest absolute Gasteiger partial charge is 0.351 e. The molecule has 2 atom stereocenters. The molecular weight excluding hydrogens is 214 g/mol. The summed E-state index contributed by atoms with van der Waals surface area (Å²) in [5.41, 5.74) is 0. The van der Waals surface area contributed by atoms with Gasteiger partial charge in [0.05, 0.1) is 22.9 Å². The molecule has 1 fully saturated rings. The van der Waals surface area contributed by atoms with Gasteiger partial charge in [-0.05, 0) is 0 Å². The summed E-state index contributed by atoms with van der Waals surface area (Å²) < 4.78 is 22.2. The van der Waals surface area contributed by atoms with Crippen molar-refractivity contribution < 1.29 is 13.2 Å². The van der Waals surface area contributed by atoms with Crippen molar-refractivity contribution in [1.82, 2.24) is 5.32 Å². The van der Waals surface area contributed by atoms with E-state index in [4.69, 9.17) is 11.6 Å². The minimum absolute atomic E-state index is 0.0348. The molecule has 13 heavy (non-hydrogen) atoms. The van der Waals surface area contributed by atoms with Crippen LogP contribution in [0.2, 0.25) is 0 Å². The van der Waals surface area contributed by atoms with Crippen LogP contribution >= 0.6 is 11.6 Å². The molecule has 1 saturated heterocycles. The van der Waals surface area contributed by atoms with E-state index in [-0.39, 0.29) is 17.4 Å². The topological polar surface area (TPSA) is 63.2 Å². The van der Waals surface area contributed by atoms with Gasteiger partial charge in [0, 0.05) is 6.42 Å². The normalized spacial score (nSPS) is 31.5. The third-order valence-corrected chi connectivity index (χ3v) is 4.33. The minimum Gasteiger partial charge on any atom is -0.351 e. The Labute approximate surface area is 82.6 Å². The van der Waals surface area contributed by atoms with Gasteiger partial charge in [-0.25, -0.2) is 8.42 Å². The molecule has 0 saturated carbocycles. The van der Waals surface area contributed by atoms with Crippen molar-refractivity contribution in [2.24, 2.45) is 0 Å². The summed E-state index contributed by atoms with van der Waals surface area (Å²) >= 11 is 5.77. The Morgan fingerprint density at radius 2 is 2.15 bits per heavy atom. The zero-order valence-electron chi connectivity index (χ0n) is 7.29. The smallest absolute Gasteiger partial charge is 0.220 e. The zero-order valence-corrected chi connectivity index (χ0v) is 8.86. The number of hydrogen-bond donors (Lipinski definition) is 1. The maximum Gasteiger partial charge on any atom is 0.220 e. The molecule has 0 aromatic rings. The molecular formula is C7H12ClNO3S. The van der Waals surface area contributed by atoms with E-state index in [1.165, 1.54) is 0 Å². The van der Waals surface area contributed by atoms with Gasteiger partial charge in [0.15, 0.2) is 9.84 Å². The molecule has 1 amide bonds. The Morgan fingerprint density at radius 3 is 2.54 bits per heavy atom. The molecule has 1 heterocycles. The first-order chi connectivity index (χ1) is 5.94. The van der Waals surface area contributed by atoms with Gasteiger partial charge in [-0.3, -0.25) is 4.79 Å². The van der Waals surface area contributed by atoms with E-state index in [2.05, 4.69) is 5.32 Å². The SMILES string of the molecule is CCC(=O)NC1CS(=O)(=O)CC1Cl. The van der Waals surface area contributed by atoms with Crippen LogP contribution in [0.4, 0.5) is 0 Å². The highest BCUT2D eigenvalue weighted by molar-refractivity contribution is 7.91. The number of nitrogens with one attached hydrogen (secondary N) is 1. The number of alkyl halides is 1. The molecule has 1 aliphatic heterocycles. The van der Waals surface area contributed by atoms with Crippen LogP contribution in [0.1, 0.15) is 13.3 Å². The fraction of sp³-hybridized carbons (Fsp3) is 0.857. The standard InChI is InChI=1S/C7H12ClNO3S/c1-2-7(10)9-6-4-13(11,12)3-5(6)8/h5-6H,2-4H2,1H3,(H,9,10). The van der Waals surface area contributed by atoms with Crippen LogP contribution in [0.25, 0.3) is 0 Å². The van der Waals surface area contributed by atoms with E-state index < -0.39 is 21.3 Å². The first kappa shape index (κ1) is 10.8.